The second-order valence-corrected chi connectivity index (χ2v) is 16.6. The molecule has 1 heterocycles. The van der Waals surface area contributed by atoms with Crippen LogP contribution in [0.1, 0.15) is 66.7 Å². The number of carbonyl (C=O) groups excluding carboxylic acids is 1. The Morgan fingerprint density at radius 2 is 1.62 bits per heavy atom. The summed E-state index contributed by atoms with van der Waals surface area (Å²) >= 11 is 1.52. The van der Waals surface area contributed by atoms with Crippen LogP contribution in [0.3, 0.4) is 0 Å². The summed E-state index contributed by atoms with van der Waals surface area (Å²) in [6, 6.07) is 16.0. The molecular weight excluding hydrogens is 653 g/mol. The number of aryl methyl sites for hydroxylation is 1. The zero-order chi connectivity index (χ0) is 33.6. The van der Waals surface area contributed by atoms with Gasteiger partial charge in [0.2, 0.25) is 0 Å². The van der Waals surface area contributed by atoms with E-state index >= 15 is 0 Å². The summed E-state index contributed by atoms with van der Waals surface area (Å²) in [7, 11) is -4.40. The summed E-state index contributed by atoms with van der Waals surface area (Å²) in [4.78, 5) is 39.5. The first-order chi connectivity index (χ1) is 22.9. The summed E-state index contributed by atoms with van der Waals surface area (Å²) < 4.78 is 29.4. The Hall–Kier alpha value is -4.36. The lowest BCUT2D eigenvalue weighted by molar-refractivity contribution is -0.384. The number of carbonyl (C=O) groups is 2. The van der Waals surface area contributed by atoms with E-state index in [0.717, 1.165) is 69.4 Å². The van der Waals surface area contributed by atoms with Crippen molar-refractivity contribution in [3.8, 4) is 11.1 Å². The van der Waals surface area contributed by atoms with Gasteiger partial charge in [-0.2, -0.15) is 0 Å². The van der Waals surface area contributed by atoms with E-state index in [-0.39, 0.29) is 33.7 Å². The molecule has 0 saturated heterocycles. The lowest BCUT2D eigenvalue weighted by Crippen LogP contribution is -2.49. The monoisotopic (exact) mass is 688 g/mol. The number of nitro benzene ring substituents is 1. The standard InChI is InChI=1S/C35H36N4O7S2/c40-33(41)3-1-2-32-37-29-15-26(8-11-31(29)47-32)24-4-6-25(7-5-24)34(42)38-48(45,46)27-9-10-28(30(16-27)39(43)44)36-20-35-17-21-12-22(18-35)14-23(13-21)19-35/h4-11,15-16,21-23,36H,1-3,12-14,17-20H2,(H,38,42)(H,40,41). The van der Waals surface area contributed by atoms with Crippen LogP contribution in [0.2, 0.25) is 0 Å². The molecule has 4 aromatic rings. The Bertz CT molecular complexity index is 1990. The molecule has 0 atom stereocenters. The molecule has 4 bridgehead atoms. The van der Waals surface area contributed by atoms with Crippen LogP contribution >= 0.6 is 11.3 Å². The van der Waals surface area contributed by atoms with Crippen molar-refractivity contribution >= 4 is 54.8 Å². The molecule has 3 N–H and O–H groups in total. The van der Waals surface area contributed by atoms with Crippen molar-refractivity contribution in [2.24, 2.45) is 23.2 Å². The molecule has 11 nitrogen and oxygen atoms in total. The van der Waals surface area contributed by atoms with Crippen molar-refractivity contribution in [1.29, 1.82) is 0 Å². The molecule has 0 radical (unpaired) electrons. The number of aromatic nitrogens is 1. The van der Waals surface area contributed by atoms with Gasteiger partial charge >= 0.3 is 5.97 Å². The lowest BCUT2D eigenvalue weighted by atomic mass is 9.49. The molecule has 0 unspecified atom stereocenters. The molecule has 4 aliphatic rings. The van der Waals surface area contributed by atoms with Crippen molar-refractivity contribution in [3.63, 3.8) is 0 Å². The molecule has 4 aliphatic carbocycles. The fourth-order valence-electron chi connectivity index (χ4n) is 8.47. The van der Waals surface area contributed by atoms with E-state index < -0.39 is 26.8 Å². The van der Waals surface area contributed by atoms with E-state index in [1.165, 1.54) is 54.9 Å². The van der Waals surface area contributed by atoms with E-state index in [4.69, 9.17) is 5.11 Å². The Morgan fingerprint density at radius 3 is 2.27 bits per heavy atom. The van der Waals surface area contributed by atoms with Crippen molar-refractivity contribution in [2.75, 3.05) is 11.9 Å². The normalized spacial score (nSPS) is 22.9. The van der Waals surface area contributed by atoms with Crippen molar-refractivity contribution < 1.29 is 28.0 Å². The fourth-order valence-corrected chi connectivity index (χ4v) is 10.5. The lowest BCUT2D eigenvalue weighted by Gasteiger charge is -2.57. The molecule has 0 spiro atoms. The second-order valence-electron chi connectivity index (χ2n) is 13.8. The average molecular weight is 689 g/mol. The number of hydrogen-bond donors (Lipinski definition) is 3. The highest BCUT2D eigenvalue weighted by atomic mass is 32.2. The number of amides is 1. The maximum atomic E-state index is 13.2. The molecule has 0 aliphatic heterocycles. The first-order valence-corrected chi connectivity index (χ1v) is 18.6. The van der Waals surface area contributed by atoms with Gasteiger partial charge in [-0.05, 0) is 122 Å². The van der Waals surface area contributed by atoms with Crippen LogP contribution in [0.4, 0.5) is 11.4 Å². The van der Waals surface area contributed by atoms with Gasteiger partial charge in [0.05, 0.1) is 25.0 Å². The Kier molecular flexibility index (Phi) is 8.44. The number of carboxylic acid groups (broad SMARTS) is 1. The predicted octanol–water partition coefficient (Wildman–Crippen LogP) is 7.03. The number of nitro groups is 1. The highest BCUT2D eigenvalue weighted by Crippen LogP contribution is 2.60. The summed E-state index contributed by atoms with van der Waals surface area (Å²) in [5.41, 5.74) is 2.63. The molecule has 4 fully saturated rings. The molecular formula is C35H36N4O7S2. The number of benzene rings is 3. The summed E-state index contributed by atoms with van der Waals surface area (Å²) in [6.07, 6.45) is 8.50. The zero-order valence-corrected chi connectivity index (χ0v) is 27.8. The van der Waals surface area contributed by atoms with Gasteiger partial charge < -0.3 is 10.4 Å². The number of carboxylic acids is 1. The molecule has 13 heteroatoms. The number of nitrogens with one attached hydrogen (secondary N) is 2. The Morgan fingerprint density at radius 1 is 0.958 bits per heavy atom. The molecule has 8 rings (SSSR count). The third-order valence-corrected chi connectivity index (χ3v) is 12.6. The number of sulfonamides is 1. The van der Waals surface area contributed by atoms with Crippen molar-refractivity contribution in [1.82, 2.24) is 9.71 Å². The number of rotatable bonds is 12. The largest absolute Gasteiger partial charge is 0.481 e. The Labute approximate surface area is 282 Å². The van der Waals surface area contributed by atoms with Crippen LogP contribution in [-0.2, 0) is 21.2 Å². The van der Waals surface area contributed by atoms with Crippen LogP contribution in [0.15, 0.2) is 65.6 Å². The zero-order valence-electron chi connectivity index (χ0n) is 26.2. The third kappa shape index (κ3) is 6.66. The highest BCUT2D eigenvalue weighted by molar-refractivity contribution is 7.90. The molecule has 48 heavy (non-hydrogen) atoms. The summed E-state index contributed by atoms with van der Waals surface area (Å²) in [6.45, 7) is 0.628. The van der Waals surface area contributed by atoms with Gasteiger partial charge in [-0.15, -0.1) is 11.3 Å². The highest BCUT2D eigenvalue weighted by Gasteiger charge is 2.50. The maximum absolute atomic E-state index is 13.2. The quantitative estimate of drug-likeness (QED) is 0.105. The van der Waals surface area contributed by atoms with Gasteiger partial charge in [0.1, 0.15) is 5.69 Å². The van der Waals surface area contributed by atoms with Crippen molar-refractivity contribution in [2.45, 2.75) is 62.7 Å². The van der Waals surface area contributed by atoms with Gasteiger partial charge in [-0.25, -0.2) is 18.1 Å². The van der Waals surface area contributed by atoms with Gasteiger partial charge in [-0.1, -0.05) is 18.2 Å². The topological polar surface area (TPSA) is 169 Å². The van der Waals surface area contributed by atoms with Crippen LogP contribution in [0.25, 0.3) is 21.3 Å². The van der Waals surface area contributed by atoms with Crippen LogP contribution in [-0.4, -0.2) is 41.9 Å². The van der Waals surface area contributed by atoms with E-state index in [1.54, 1.807) is 12.1 Å². The number of nitrogens with zero attached hydrogens (tertiary/aromatic N) is 2. The average Bonchev–Trinajstić information content (AvgIpc) is 3.45. The molecule has 1 aromatic heterocycles. The minimum absolute atomic E-state index is 0.0908. The molecule has 4 saturated carbocycles. The van der Waals surface area contributed by atoms with Gasteiger partial charge in [0, 0.05) is 24.6 Å². The maximum Gasteiger partial charge on any atom is 0.303 e. The third-order valence-electron chi connectivity index (χ3n) is 10.2. The molecule has 250 valence electrons. The summed E-state index contributed by atoms with van der Waals surface area (Å²) in [5, 5.41) is 25.0. The van der Waals surface area contributed by atoms with Gasteiger partial charge in [0.15, 0.2) is 0 Å². The van der Waals surface area contributed by atoms with Crippen molar-refractivity contribution in [3.05, 3.63) is 81.3 Å². The van der Waals surface area contributed by atoms with E-state index in [9.17, 15) is 28.1 Å². The predicted molar refractivity (Wildman–Crippen MR) is 182 cm³/mol. The van der Waals surface area contributed by atoms with Gasteiger partial charge in [-0.3, -0.25) is 19.7 Å². The van der Waals surface area contributed by atoms with E-state index in [0.29, 0.717) is 19.4 Å². The molecule has 1 amide bonds. The van der Waals surface area contributed by atoms with E-state index in [1.807, 2.05) is 18.2 Å². The minimum atomic E-state index is -4.40. The molecule has 3 aromatic carbocycles. The second kappa shape index (κ2) is 12.6. The Balaban J connectivity index is 1.01. The SMILES string of the molecule is O=C(O)CCCc1nc2cc(-c3ccc(C(=O)NS(=O)(=O)c4ccc(NCC56CC7CC(CC(C7)C5)C6)c([N+](=O)[O-])c4)cc3)ccc2s1. The first kappa shape index (κ1) is 32.2. The number of thiazole rings is 1. The van der Waals surface area contributed by atoms with Crippen LogP contribution < -0.4 is 10.0 Å². The summed E-state index contributed by atoms with van der Waals surface area (Å²) in [5.74, 6) is 0.540. The van der Waals surface area contributed by atoms with Crippen LogP contribution in [0.5, 0.6) is 0 Å². The fraction of sp³-hybridized carbons (Fsp3) is 0.400. The minimum Gasteiger partial charge on any atom is -0.481 e. The number of anilines is 1. The first-order valence-electron chi connectivity index (χ1n) is 16.3. The van der Waals surface area contributed by atoms with Crippen LogP contribution in [0, 0.1) is 33.3 Å². The van der Waals surface area contributed by atoms with Gasteiger partial charge in [0.25, 0.3) is 21.6 Å². The smallest absolute Gasteiger partial charge is 0.303 e. The number of hydrogen-bond acceptors (Lipinski definition) is 9. The number of fused-ring (bicyclic) bond motifs is 1. The number of aliphatic carboxylic acids is 1. The van der Waals surface area contributed by atoms with E-state index in [2.05, 4.69) is 15.0 Å².